The van der Waals surface area contributed by atoms with E-state index >= 15 is 0 Å². The number of imidazole rings is 1. The molecule has 0 bridgehead atoms. The standard InChI is InChI=1S/C22H24FN5O2/c1-15-13-18(25-30-15)20(29)27-9-7-22(8-10-27)21-24-14-19(28(21)12-11-26(22)2)16-3-5-17(23)6-4-16/h3-6,13-14H,7-12H2,1-2H3. The Morgan fingerprint density at radius 3 is 2.53 bits per heavy atom. The van der Waals surface area contributed by atoms with Gasteiger partial charge in [-0.05, 0) is 56.6 Å². The molecule has 156 valence electrons. The smallest absolute Gasteiger partial charge is 0.276 e. The third-order valence-electron chi connectivity index (χ3n) is 6.53. The van der Waals surface area contributed by atoms with Crippen LogP contribution < -0.4 is 0 Å². The number of fused-ring (bicyclic) bond motifs is 2. The largest absolute Gasteiger partial charge is 0.361 e. The van der Waals surface area contributed by atoms with E-state index in [0.29, 0.717) is 24.5 Å². The van der Waals surface area contributed by atoms with Gasteiger partial charge < -0.3 is 14.0 Å². The van der Waals surface area contributed by atoms with Gasteiger partial charge in [-0.15, -0.1) is 0 Å². The molecule has 5 rings (SSSR count). The van der Waals surface area contributed by atoms with Crippen LogP contribution in [0.4, 0.5) is 4.39 Å². The van der Waals surface area contributed by atoms with Gasteiger partial charge in [-0.2, -0.15) is 0 Å². The number of benzene rings is 1. The van der Waals surface area contributed by atoms with E-state index in [2.05, 4.69) is 21.7 Å². The first-order valence-electron chi connectivity index (χ1n) is 10.2. The molecule has 2 aromatic heterocycles. The highest BCUT2D eigenvalue weighted by Crippen LogP contribution is 2.41. The Morgan fingerprint density at radius 1 is 1.13 bits per heavy atom. The summed E-state index contributed by atoms with van der Waals surface area (Å²) < 4.78 is 20.7. The number of piperidine rings is 1. The SMILES string of the molecule is Cc1cc(C(=O)N2CCC3(CC2)c2ncc(-c4ccc(F)cc4)n2CCN3C)no1. The first-order valence-corrected chi connectivity index (χ1v) is 10.2. The zero-order valence-electron chi connectivity index (χ0n) is 17.1. The third kappa shape index (κ3) is 2.94. The summed E-state index contributed by atoms with van der Waals surface area (Å²) in [6.45, 7) is 4.78. The minimum absolute atomic E-state index is 0.0875. The van der Waals surface area contributed by atoms with Crippen LogP contribution in [0.5, 0.6) is 0 Å². The number of nitrogens with zero attached hydrogens (tertiary/aromatic N) is 5. The molecule has 0 unspecified atom stereocenters. The van der Waals surface area contributed by atoms with Crippen molar-refractivity contribution in [2.75, 3.05) is 26.7 Å². The number of hydrogen-bond donors (Lipinski definition) is 0. The molecule has 1 saturated heterocycles. The summed E-state index contributed by atoms with van der Waals surface area (Å²) >= 11 is 0. The zero-order valence-corrected chi connectivity index (χ0v) is 17.1. The van der Waals surface area contributed by atoms with Crippen molar-refractivity contribution < 1.29 is 13.7 Å². The average molecular weight is 409 g/mol. The van der Waals surface area contributed by atoms with E-state index in [1.165, 1.54) is 12.1 Å². The van der Waals surface area contributed by atoms with Gasteiger partial charge in [-0.1, -0.05) is 5.16 Å². The molecule has 0 aliphatic carbocycles. The molecule has 0 N–H and O–H groups in total. The Morgan fingerprint density at radius 2 is 1.87 bits per heavy atom. The fourth-order valence-electron chi connectivity index (χ4n) is 4.77. The van der Waals surface area contributed by atoms with Gasteiger partial charge in [0.05, 0.1) is 17.4 Å². The molecule has 1 aromatic carbocycles. The molecule has 8 heteroatoms. The molecular weight excluding hydrogens is 385 g/mol. The summed E-state index contributed by atoms with van der Waals surface area (Å²) in [5, 5.41) is 3.87. The van der Waals surface area contributed by atoms with Crippen molar-refractivity contribution in [3.8, 4) is 11.3 Å². The highest BCUT2D eigenvalue weighted by Gasteiger charge is 2.46. The molecule has 7 nitrogen and oxygen atoms in total. The van der Waals surface area contributed by atoms with Crippen molar-refractivity contribution in [1.29, 1.82) is 0 Å². The van der Waals surface area contributed by atoms with Crippen LogP contribution in [0.15, 0.2) is 41.1 Å². The monoisotopic (exact) mass is 409 g/mol. The quantitative estimate of drug-likeness (QED) is 0.651. The maximum atomic E-state index is 13.4. The predicted molar refractivity (Wildman–Crippen MR) is 108 cm³/mol. The summed E-state index contributed by atoms with van der Waals surface area (Å²) in [4.78, 5) is 21.8. The molecule has 3 aromatic rings. The number of aromatic nitrogens is 3. The molecule has 1 fully saturated rings. The molecule has 2 aliphatic heterocycles. The number of rotatable bonds is 2. The summed E-state index contributed by atoms with van der Waals surface area (Å²) in [7, 11) is 2.13. The molecule has 30 heavy (non-hydrogen) atoms. The van der Waals surface area contributed by atoms with E-state index < -0.39 is 0 Å². The average Bonchev–Trinajstić information content (AvgIpc) is 3.38. The van der Waals surface area contributed by atoms with Crippen molar-refractivity contribution in [2.24, 2.45) is 0 Å². The van der Waals surface area contributed by atoms with Crippen LogP contribution >= 0.6 is 0 Å². The minimum Gasteiger partial charge on any atom is -0.361 e. The zero-order chi connectivity index (χ0) is 20.9. The number of amides is 1. The minimum atomic E-state index is -0.243. The molecule has 4 heterocycles. The van der Waals surface area contributed by atoms with E-state index in [9.17, 15) is 9.18 Å². The van der Waals surface area contributed by atoms with Gasteiger partial charge in [-0.3, -0.25) is 9.69 Å². The van der Waals surface area contributed by atoms with E-state index in [0.717, 1.165) is 43.0 Å². The van der Waals surface area contributed by atoms with Gasteiger partial charge in [0.15, 0.2) is 5.69 Å². The summed E-state index contributed by atoms with van der Waals surface area (Å²) in [5.74, 6) is 1.33. The number of aryl methyl sites for hydroxylation is 1. The number of halogens is 1. The van der Waals surface area contributed by atoms with Crippen LogP contribution in [0.2, 0.25) is 0 Å². The van der Waals surface area contributed by atoms with Crippen LogP contribution in [-0.4, -0.2) is 57.1 Å². The second-order valence-corrected chi connectivity index (χ2v) is 8.19. The summed E-state index contributed by atoms with van der Waals surface area (Å²) in [6.07, 6.45) is 3.48. The number of carbonyl (C=O) groups excluding carboxylic acids is 1. The fraction of sp³-hybridized carbons (Fsp3) is 0.409. The molecule has 1 spiro atoms. The Bertz CT molecular complexity index is 1080. The second-order valence-electron chi connectivity index (χ2n) is 8.19. The maximum absolute atomic E-state index is 13.4. The third-order valence-corrected chi connectivity index (χ3v) is 6.53. The molecular formula is C22H24FN5O2. The van der Waals surface area contributed by atoms with Crippen molar-refractivity contribution in [1.82, 2.24) is 24.5 Å². The van der Waals surface area contributed by atoms with E-state index in [4.69, 9.17) is 9.51 Å². The number of hydrogen-bond acceptors (Lipinski definition) is 5. The van der Waals surface area contributed by atoms with Crippen molar-refractivity contribution in [2.45, 2.75) is 31.8 Å². The first-order chi connectivity index (χ1) is 14.5. The maximum Gasteiger partial charge on any atom is 0.276 e. The Hall–Kier alpha value is -3.00. The van der Waals surface area contributed by atoms with Gasteiger partial charge in [0.25, 0.3) is 5.91 Å². The normalized spacial score (nSPS) is 18.6. The van der Waals surface area contributed by atoms with Gasteiger partial charge in [0, 0.05) is 32.2 Å². The Balaban J connectivity index is 1.42. The highest BCUT2D eigenvalue weighted by atomic mass is 19.1. The van der Waals surface area contributed by atoms with Crippen LogP contribution in [0.3, 0.4) is 0 Å². The van der Waals surface area contributed by atoms with E-state index in [-0.39, 0.29) is 17.3 Å². The highest BCUT2D eigenvalue weighted by molar-refractivity contribution is 5.92. The predicted octanol–water partition coefficient (Wildman–Crippen LogP) is 3.06. The topological polar surface area (TPSA) is 67.4 Å². The van der Waals surface area contributed by atoms with Gasteiger partial charge in [-0.25, -0.2) is 9.37 Å². The van der Waals surface area contributed by atoms with Crippen LogP contribution in [0.25, 0.3) is 11.3 Å². The molecule has 0 atom stereocenters. The number of likely N-dealkylation sites (N-methyl/N-ethyl adjacent to an activating group) is 1. The number of likely N-dealkylation sites (tertiary alicyclic amines) is 1. The summed E-state index contributed by atoms with van der Waals surface area (Å²) in [5.41, 5.74) is 2.12. The van der Waals surface area contributed by atoms with Crippen molar-refractivity contribution in [3.05, 3.63) is 59.6 Å². The van der Waals surface area contributed by atoms with E-state index in [1.807, 2.05) is 11.1 Å². The Labute approximate surface area is 174 Å². The molecule has 0 saturated carbocycles. The lowest BCUT2D eigenvalue weighted by atomic mass is 9.83. The Kier molecular flexibility index (Phi) is 4.47. The van der Waals surface area contributed by atoms with Crippen LogP contribution in [0.1, 0.15) is 34.9 Å². The first kappa shape index (κ1) is 19.0. The lowest BCUT2D eigenvalue weighted by Crippen LogP contribution is -2.57. The fourth-order valence-corrected chi connectivity index (χ4v) is 4.77. The van der Waals surface area contributed by atoms with Gasteiger partial charge in [0.2, 0.25) is 0 Å². The molecule has 2 aliphatic rings. The van der Waals surface area contributed by atoms with Crippen molar-refractivity contribution in [3.63, 3.8) is 0 Å². The lowest BCUT2D eigenvalue weighted by molar-refractivity contribution is 0.00978. The van der Waals surface area contributed by atoms with Crippen LogP contribution in [-0.2, 0) is 12.1 Å². The van der Waals surface area contributed by atoms with Gasteiger partial charge in [0.1, 0.15) is 17.4 Å². The lowest BCUT2D eigenvalue weighted by Gasteiger charge is -2.49. The number of carbonyl (C=O) groups is 1. The molecule has 0 radical (unpaired) electrons. The van der Waals surface area contributed by atoms with Gasteiger partial charge >= 0.3 is 0 Å². The second kappa shape index (κ2) is 7.05. The van der Waals surface area contributed by atoms with E-state index in [1.54, 1.807) is 25.1 Å². The molecule has 1 amide bonds. The van der Waals surface area contributed by atoms with Crippen LogP contribution in [0, 0.1) is 12.7 Å². The van der Waals surface area contributed by atoms with Crippen molar-refractivity contribution >= 4 is 5.91 Å². The summed E-state index contributed by atoms with van der Waals surface area (Å²) in [6, 6.07) is 8.24.